The summed E-state index contributed by atoms with van der Waals surface area (Å²) in [5, 5.41) is 8.63. The van der Waals surface area contributed by atoms with Gasteiger partial charge in [0.05, 0.1) is 12.7 Å². The number of para-hydroxylation sites is 2. The van der Waals surface area contributed by atoms with Gasteiger partial charge in [-0.25, -0.2) is 0 Å². The molecule has 1 aliphatic heterocycles. The second-order valence-corrected chi connectivity index (χ2v) is 5.62. The van der Waals surface area contributed by atoms with Gasteiger partial charge in [-0.15, -0.1) is 0 Å². The summed E-state index contributed by atoms with van der Waals surface area (Å²) >= 11 is 0. The summed E-state index contributed by atoms with van der Waals surface area (Å²) in [6, 6.07) is 9.11. The number of carbonyl (C=O) groups excluding carboxylic acids is 2. The van der Waals surface area contributed by atoms with Crippen LogP contribution in [-0.2, 0) is 9.59 Å². The van der Waals surface area contributed by atoms with Crippen molar-refractivity contribution in [1.82, 2.24) is 9.80 Å². The van der Waals surface area contributed by atoms with E-state index in [4.69, 9.17) is 14.7 Å². The number of rotatable bonds is 6. The third-order valence-electron chi connectivity index (χ3n) is 3.93. The molecule has 0 atom stereocenters. The largest absolute Gasteiger partial charge is 0.490 e. The van der Waals surface area contributed by atoms with Crippen LogP contribution in [0.4, 0.5) is 0 Å². The molecule has 7 heteroatoms. The summed E-state index contributed by atoms with van der Waals surface area (Å²) in [5.74, 6) is 0.847. The number of amides is 2. The smallest absolute Gasteiger partial charge is 0.260 e. The van der Waals surface area contributed by atoms with E-state index in [-0.39, 0.29) is 24.8 Å². The van der Waals surface area contributed by atoms with Crippen LogP contribution in [-0.4, -0.2) is 61.0 Å². The molecule has 0 aromatic heterocycles. The van der Waals surface area contributed by atoms with Crippen LogP contribution in [0.25, 0.3) is 0 Å². The first-order chi connectivity index (χ1) is 12.2. The molecule has 2 rings (SSSR count). The Labute approximate surface area is 147 Å². The van der Waals surface area contributed by atoms with Gasteiger partial charge in [-0.2, -0.15) is 5.26 Å². The van der Waals surface area contributed by atoms with E-state index in [0.29, 0.717) is 50.7 Å². The summed E-state index contributed by atoms with van der Waals surface area (Å²) in [5.41, 5.74) is 0. The van der Waals surface area contributed by atoms with Crippen molar-refractivity contribution in [3.8, 4) is 17.6 Å². The zero-order valence-corrected chi connectivity index (χ0v) is 14.4. The third kappa shape index (κ3) is 5.38. The molecule has 1 fully saturated rings. The molecule has 0 unspecified atom stereocenters. The van der Waals surface area contributed by atoms with Gasteiger partial charge >= 0.3 is 0 Å². The standard InChI is InChI=1S/C18H23N3O4/c1-2-24-15-6-3-4-7-16(15)25-14-18(23)21-11-5-10-20(12-13-21)17(22)8-9-19/h3-4,6-7H,2,5,8,10-14H2,1H3. The van der Waals surface area contributed by atoms with Gasteiger partial charge in [0.1, 0.15) is 6.42 Å². The zero-order chi connectivity index (χ0) is 18.1. The molecule has 25 heavy (non-hydrogen) atoms. The van der Waals surface area contributed by atoms with Crippen molar-refractivity contribution in [1.29, 1.82) is 5.26 Å². The fourth-order valence-corrected chi connectivity index (χ4v) is 2.67. The van der Waals surface area contributed by atoms with E-state index < -0.39 is 0 Å². The highest BCUT2D eigenvalue weighted by atomic mass is 16.5. The zero-order valence-electron chi connectivity index (χ0n) is 14.4. The van der Waals surface area contributed by atoms with Crippen LogP contribution in [0, 0.1) is 11.3 Å². The van der Waals surface area contributed by atoms with Crippen LogP contribution in [0.2, 0.25) is 0 Å². The summed E-state index contributed by atoms with van der Waals surface area (Å²) in [6.07, 6.45) is 0.573. The van der Waals surface area contributed by atoms with Gasteiger partial charge in [-0.3, -0.25) is 9.59 Å². The van der Waals surface area contributed by atoms with E-state index in [1.807, 2.05) is 25.1 Å². The Hall–Kier alpha value is -2.75. The maximum absolute atomic E-state index is 12.4. The van der Waals surface area contributed by atoms with Crippen molar-refractivity contribution in [3.05, 3.63) is 24.3 Å². The van der Waals surface area contributed by atoms with Crippen LogP contribution < -0.4 is 9.47 Å². The molecule has 0 bridgehead atoms. The monoisotopic (exact) mass is 345 g/mol. The fourth-order valence-electron chi connectivity index (χ4n) is 2.67. The minimum Gasteiger partial charge on any atom is -0.490 e. The molecule has 0 N–H and O–H groups in total. The lowest BCUT2D eigenvalue weighted by atomic mass is 10.3. The topological polar surface area (TPSA) is 82.9 Å². The molecular formula is C18H23N3O4. The first-order valence-corrected chi connectivity index (χ1v) is 8.42. The minimum atomic E-state index is -0.182. The van der Waals surface area contributed by atoms with E-state index in [9.17, 15) is 9.59 Å². The molecule has 0 saturated carbocycles. The summed E-state index contributed by atoms with van der Waals surface area (Å²) in [4.78, 5) is 27.5. The summed E-state index contributed by atoms with van der Waals surface area (Å²) in [7, 11) is 0. The molecule has 134 valence electrons. The Bertz CT molecular complexity index is 641. The first-order valence-electron chi connectivity index (χ1n) is 8.42. The van der Waals surface area contributed by atoms with E-state index >= 15 is 0 Å². The van der Waals surface area contributed by atoms with Crippen molar-refractivity contribution in [3.63, 3.8) is 0 Å². The maximum Gasteiger partial charge on any atom is 0.260 e. The lowest BCUT2D eigenvalue weighted by Gasteiger charge is -2.22. The lowest BCUT2D eigenvalue weighted by molar-refractivity contribution is -0.134. The van der Waals surface area contributed by atoms with Crippen LogP contribution in [0.5, 0.6) is 11.5 Å². The Morgan fingerprint density at radius 1 is 1.04 bits per heavy atom. The molecule has 1 aliphatic rings. The number of hydrogen-bond acceptors (Lipinski definition) is 5. The minimum absolute atomic E-state index is 0.0732. The van der Waals surface area contributed by atoms with Gasteiger partial charge < -0.3 is 19.3 Å². The predicted molar refractivity (Wildman–Crippen MR) is 91.1 cm³/mol. The fraction of sp³-hybridized carbons (Fsp3) is 0.500. The van der Waals surface area contributed by atoms with Gasteiger partial charge in [0, 0.05) is 26.2 Å². The Morgan fingerprint density at radius 2 is 1.64 bits per heavy atom. The SMILES string of the molecule is CCOc1ccccc1OCC(=O)N1CCCN(C(=O)CC#N)CC1. The number of ether oxygens (including phenoxy) is 2. The molecule has 0 radical (unpaired) electrons. The highest BCUT2D eigenvalue weighted by Gasteiger charge is 2.22. The number of carbonyl (C=O) groups is 2. The molecule has 0 aliphatic carbocycles. The predicted octanol–water partition coefficient (Wildman–Crippen LogP) is 1.44. The quantitative estimate of drug-likeness (QED) is 0.779. The molecule has 1 saturated heterocycles. The second-order valence-electron chi connectivity index (χ2n) is 5.62. The van der Waals surface area contributed by atoms with Crippen molar-refractivity contribution < 1.29 is 19.1 Å². The number of benzene rings is 1. The average Bonchev–Trinajstić information content (AvgIpc) is 2.87. The van der Waals surface area contributed by atoms with Crippen molar-refractivity contribution in [2.45, 2.75) is 19.8 Å². The molecule has 7 nitrogen and oxygen atoms in total. The van der Waals surface area contributed by atoms with Gasteiger partial charge in [-0.05, 0) is 25.5 Å². The van der Waals surface area contributed by atoms with E-state index in [0.717, 1.165) is 0 Å². The summed E-state index contributed by atoms with van der Waals surface area (Å²) < 4.78 is 11.1. The summed E-state index contributed by atoms with van der Waals surface area (Å²) in [6.45, 7) is 4.37. The van der Waals surface area contributed by atoms with Crippen molar-refractivity contribution in [2.24, 2.45) is 0 Å². The lowest BCUT2D eigenvalue weighted by Crippen LogP contribution is -2.39. The maximum atomic E-state index is 12.4. The van der Waals surface area contributed by atoms with E-state index in [1.54, 1.807) is 21.9 Å². The van der Waals surface area contributed by atoms with Gasteiger partial charge in [0.2, 0.25) is 5.91 Å². The van der Waals surface area contributed by atoms with Crippen LogP contribution in [0.15, 0.2) is 24.3 Å². The molecule has 1 aromatic rings. The highest BCUT2D eigenvalue weighted by molar-refractivity contribution is 5.79. The van der Waals surface area contributed by atoms with Gasteiger partial charge in [0.25, 0.3) is 5.91 Å². The molecule has 0 spiro atoms. The Kier molecular flexibility index (Phi) is 7.08. The van der Waals surface area contributed by atoms with E-state index in [1.165, 1.54) is 0 Å². The normalized spacial score (nSPS) is 14.4. The first kappa shape index (κ1) is 18.6. The average molecular weight is 345 g/mol. The number of hydrogen-bond donors (Lipinski definition) is 0. The molecule has 2 amide bonds. The van der Waals surface area contributed by atoms with Crippen molar-refractivity contribution in [2.75, 3.05) is 39.4 Å². The Balaban J connectivity index is 1.87. The molecule has 1 aromatic carbocycles. The van der Waals surface area contributed by atoms with Crippen molar-refractivity contribution >= 4 is 11.8 Å². The third-order valence-corrected chi connectivity index (χ3v) is 3.93. The van der Waals surface area contributed by atoms with Gasteiger partial charge in [0.15, 0.2) is 18.1 Å². The number of nitriles is 1. The molecule has 1 heterocycles. The van der Waals surface area contributed by atoms with Crippen LogP contribution in [0.3, 0.4) is 0 Å². The van der Waals surface area contributed by atoms with Crippen LogP contribution >= 0.6 is 0 Å². The second kappa shape index (κ2) is 9.52. The van der Waals surface area contributed by atoms with Crippen LogP contribution in [0.1, 0.15) is 19.8 Å². The molecular weight excluding hydrogens is 322 g/mol. The highest BCUT2D eigenvalue weighted by Crippen LogP contribution is 2.26. The van der Waals surface area contributed by atoms with E-state index in [2.05, 4.69) is 0 Å². The Morgan fingerprint density at radius 3 is 2.24 bits per heavy atom. The van der Waals surface area contributed by atoms with Gasteiger partial charge in [-0.1, -0.05) is 12.1 Å². The number of nitrogens with zero attached hydrogens (tertiary/aromatic N) is 3.